The molecule has 0 saturated carbocycles. The smallest absolute Gasteiger partial charge is 0.150 e. The van der Waals surface area contributed by atoms with Gasteiger partial charge < -0.3 is 10.5 Å². The monoisotopic (exact) mass is 313 g/mol. The third kappa shape index (κ3) is 2.42. The van der Waals surface area contributed by atoms with E-state index in [1.54, 1.807) is 0 Å². The lowest BCUT2D eigenvalue weighted by Crippen LogP contribution is -1.91. The van der Waals surface area contributed by atoms with Crippen LogP contribution in [0.3, 0.4) is 0 Å². The van der Waals surface area contributed by atoms with Gasteiger partial charge in [-0.3, -0.25) is 0 Å². The van der Waals surface area contributed by atoms with Gasteiger partial charge in [-0.05, 0) is 41.1 Å². The minimum absolute atomic E-state index is 0.634. The number of rotatable bonds is 2. The molecule has 0 bridgehead atoms. The van der Waals surface area contributed by atoms with Crippen LogP contribution in [-0.2, 0) is 0 Å². The highest BCUT2D eigenvalue weighted by molar-refractivity contribution is 9.10. The van der Waals surface area contributed by atoms with Crippen LogP contribution >= 0.6 is 15.9 Å². The number of para-hydroxylation sites is 2. The molecular weight excluding hydrogens is 302 g/mol. The lowest BCUT2D eigenvalue weighted by molar-refractivity contribution is 0.486. The van der Waals surface area contributed by atoms with Crippen molar-refractivity contribution in [2.45, 2.75) is 0 Å². The summed E-state index contributed by atoms with van der Waals surface area (Å²) in [6, 6.07) is 19.6. The molecule has 3 rings (SSSR count). The highest BCUT2D eigenvalue weighted by atomic mass is 79.9. The average Bonchev–Trinajstić information content (AvgIpc) is 2.42. The van der Waals surface area contributed by atoms with Crippen LogP contribution in [0, 0.1) is 0 Å². The van der Waals surface area contributed by atoms with Gasteiger partial charge in [0.05, 0.1) is 5.69 Å². The fraction of sp³-hybridized carbons (Fsp3) is 0. The van der Waals surface area contributed by atoms with E-state index in [1.165, 1.54) is 5.39 Å². The van der Waals surface area contributed by atoms with Crippen molar-refractivity contribution in [2.75, 3.05) is 5.73 Å². The number of hydrogen-bond acceptors (Lipinski definition) is 2. The molecule has 0 aliphatic heterocycles. The van der Waals surface area contributed by atoms with Gasteiger partial charge in [0.1, 0.15) is 11.5 Å². The molecular formula is C16H12BrNO. The van der Waals surface area contributed by atoms with Crippen LogP contribution in [0.4, 0.5) is 5.69 Å². The van der Waals surface area contributed by atoms with Gasteiger partial charge in [-0.1, -0.05) is 46.3 Å². The maximum absolute atomic E-state index is 5.88. The van der Waals surface area contributed by atoms with Crippen molar-refractivity contribution in [3.63, 3.8) is 0 Å². The molecule has 0 aliphatic rings. The molecule has 0 atom stereocenters. The Morgan fingerprint density at radius 1 is 0.895 bits per heavy atom. The highest BCUT2D eigenvalue weighted by Crippen LogP contribution is 2.31. The van der Waals surface area contributed by atoms with Gasteiger partial charge in [-0.25, -0.2) is 0 Å². The lowest BCUT2D eigenvalue weighted by atomic mass is 10.1. The van der Waals surface area contributed by atoms with Crippen molar-refractivity contribution in [1.29, 1.82) is 0 Å². The van der Waals surface area contributed by atoms with Crippen LogP contribution in [0.2, 0.25) is 0 Å². The predicted octanol–water partition coefficient (Wildman–Crippen LogP) is 4.98. The lowest BCUT2D eigenvalue weighted by Gasteiger charge is -2.09. The van der Waals surface area contributed by atoms with Crippen molar-refractivity contribution in [3.8, 4) is 11.5 Å². The number of anilines is 1. The Hall–Kier alpha value is -2.00. The normalized spacial score (nSPS) is 10.6. The van der Waals surface area contributed by atoms with Gasteiger partial charge in [0.15, 0.2) is 0 Å². The van der Waals surface area contributed by atoms with Crippen molar-refractivity contribution in [2.24, 2.45) is 0 Å². The Kier molecular flexibility index (Phi) is 3.13. The van der Waals surface area contributed by atoms with Gasteiger partial charge in [-0.15, -0.1) is 0 Å². The molecule has 0 aromatic heterocycles. The zero-order chi connectivity index (χ0) is 13.2. The molecule has 3 aromatic rings. The van der Waals surface area contributed by atoms with Crippen LogP contribution in [0.15, 0.2) is 65.1 Å². The number of hydrogen-bond donors (Lipinski definition) is 1. The van der Waals surface area contributed by atoms with Crippen LogP contribution < -0.4 is 10.5 Å². The quantitative estimate of drug-likeness (QED) is 0.677. The topological polar surface area (TPSA) is 35.2 Å². The summed E-state index contributed by atoms with van der Waals surface area (Å²) in [4.78, 5) is 0. The van der Waals surface area contributed by atoms with Gasteiger partial charge in [0.2, 0.25) is 0 Å². The van der Waals surface area contributed by atoms with Crippen molar-refractivity contribution < 1.29 is 4.74 Å². The second-order valence-electron chi connectivity index (χ2n) is 4.26. The van der Waals surface area contributed by atoms with Crippen LogP contribution in [-0.4, -0.2) is 0 Å². The average molecular weight is 314 g/mol. The standard InChI is InChI=1S/C16H12BrNO/c17-14-5-3-4-11-8-9-12(10-13(11)14)19-16-7-2-1-6-15(16)18/h1-10H,18H2. The molecule has 94 valence electrons. The summed E-state index contributed by atoms with van der Waals surface area (Å²) in [7, 11) is 0. The van der Waals surface area contributed by atoms with Crippen molar-refractivity contribution in [1.82, 2.24) is 0 Å². The van der Waals surface area contributed by atoms with E-state index in [2.05, 4.69) is 22.0 Å². The van der Waals surface area contributed by atoms with Crippen molar-refractivity contribution in [3.05, 3.63) is 65.1 Å². The fourth-order valence-electron chi connectivity index (χ4n) is 1.98. The highest BCUT2D eigenvalue weighted by Gasteiger charge is 2.04. The van der Waals surface area contributed by atoms with Crippen LogP contribution in [0.1, 0.15) is 0 Å². The number of fused-ring (bicyclic) bond motifs is 1. The number of benzene rings is 3. The third-order valence-electron chi connectivity index (χ3n) is 2.95. The zero-order valence-corrected chi connectivity index (χ0v) is 11.7. The maximum atomic E-state index is 5.88. The summed E-state index contributed by atoms with van der Waals surface area (Å²) in [5.41, 5.74) is 6.51. The maximum Gasteiger partial charge on any atom is 0.150 e. The molecule has 0 unspecified atom stereocenters. The van der Waals surface area contributed by atoms with E-state index < -0.39 is 0 Å². The number of ether oxygens (including phenoxy) is 1. The first-order valence-electron chi connectivity index (χ1n) is 5.95. The van der Waals surface area contributed by atoms with E-state index in [0.717, 1.165) is 15.6 Å². The van der Waals surface area contributed by atoms with Gasteiger partial charge in [0.25, 0.3) is 0 Å². The Bertz CT molecular complexity index is 740. The van der Waals surface area contributed by atoms with Gasteiger partial charge in [0, 0.05) is 4.47 Å². The second kappa shape index (κ2) is 4.94. The van der Waals surface area contributed by atoms with E-state index in [9.17, 15) is 0 Å². The summed E-state index contributed by atoms with van der Waals surface area (Å²) in [6.07, 6.45) is 0. The number of halogens is 1. The largest absolute Gasteiger partial charge is 0.455 e. The van der Waals surface area contributed by atoms with E-state index >= 15 is 0 Å². The molecule has 0 radical (unpaired) electrons. The molecule has 0 spiro atoms. The summed E-state index contributed by atoms with van der Waals surface area (Å²) in [5.74, 6) is 1.45. The minimum atomic E-state index is 0.634. The van der Waals surface area contributed by atoms with Crippen molar-refractivity contribution >= 4 is 32.4 Å². The Morgan fingerprint density at radius 3 is 2.58 bits per heavy atom. The van der Waals surface area contributed by atoms with Gasteiger partial charge >= 0.3 is 0 Å². The van der Waals surface area contributed by atoms with Gasteiger partial charge in [-0.2, -0.15) is 0 Å². The summed E-state index contributed by atoms with van der Waals surface area (Å²) in [5, 5.41) is 2.29. The summed E-state index contributed by atoms with van der Waals surface area (Å²) in [6.45, 7) is 0. The third-order valence-corrected chi connectivity index (χ3v) is 3.64. The van der Waals surface area contributed by atoms with E-state index in [0.29, 0.717) is 11.4 Å². The molecule has 3 heteroatoms. The first-order valence-corrected chi connectivity index (χ1v) is 6.74. The summed E-state index contributed by atoms with van der Waals surface area (Å²) >= 11 is 3.55. The Morgan fingerprint density at radius 2 is 1.74 bits per heavy atom. The SMILES string of the molecule is Nc1ccccc1Oc1ccc2cccc(Br)c2c1. The molecule has 0 aliphatic carbocycles. The van der Waals surface area contributed by atoms with Crippen LogP contribution in [0.5, 0.6) is 11.5 Å². The van der Waals surface area contributed by atoms with E-state index in [4.69, 9.17) is 10.5 Å². The first-order chi connectivity index (χ1) is 9.24. The van der Waals surface area contributed by atoms with E-state index in [-0.39, 0.29) is 0 Å². The second-order valence-corrected chi connectivity index (χ2v) is 5.12. The molecule has 0 saturated heterocycles. The number of nitrogen functional groups attached to an aromatic ring is 1. The zero-order valence-electron chi connectivity index (χ0n) is 10.1. The fourth-order valence-corrected chi connectivity index (χ4v) is 2.47. The molecule has 3 aromatic carbocycles. The Labute approximate surface area is 119 Å². The predicted molar refractivity (Wildman–Crippen MR) is 82.6 cm³/mol. The molecule has 0 amide bonds. The molecule has 2 N–H and O–H groups in total. The molecule has 19 heavy (non-hydrogen) atoms. The molecule has 0 fully saturated rings. The summed E-state index contributed by atoms with van der Waals surface area (Å²) < 4.78 is 6.88. The van der Waals surface area contributed by atoms with Crippen LogP contribution in [0.25, 0.3) is 10.8 Å². The van der Waals surface area contributed by atoms with E-state index in [1.807, 2.05) is 54.6 Å². The molecule has 2 nitrogen and oxygen atoms in total. The first kappa shape index (κ1) is 12.1. The minimum Gasteiger partial charge on any atom is -0.455 e. The number of nitrogens with two attached hydrogens (primary N) is 1. The molecule has 0 heterocycles. The Balaban J connectivity index is 2.02.